The highest BCUT2D eigenvalue weighted by Crippen LogP contribution is 2.64. The molecule has 0 amide bonds. The topological polar surface area (TPSA) is 13.1 Å². The van der Waals surface area contributed by atoms with Crippen LogP contribution in [0, 0.1) is 0 Å². The Labute approximate surface area is 476 Å². The van der Waals surface area contributed by atoms with E-state index in [1.165, 1.54) is 99.2 Å². The summed E-state index contributed by atoms with van der Waals surface area (Å²) in [5.41, 5.74) is 27.3. The van der Waals surface area contributed by atoms with Crippen molar-refractivity contribution in [3.8, 4) is 67.0 Å². The van der Waals surface area contributed by atoms with Gasteiger partial charge in [-0.2, -0.15) is 0 Å². The first-order valence-corrected chi connectivity index (χ1v) is 28.4. The Hall–Kier alpha value is -10.7. The molecule has 0 aliphatic heterocycles. The summed E-state index contributed by atoms with van der Waals surface area (Å²) in [6.45, 7) is 0. The van der Waals surface area contributed by atoms with Crippen LogP contribution in [-0.4, -0.2) is 9.13 Å². The van der Waals surface area contributed by atoms with Crippen LogP contribution in [0.4, 0.5) is 17.1 Å². The van der Waals surface area contributed by atoms with Crippen LogP contribution < -0.4 is 4.90 Å². The quantitative estimate of drug-likeness (QED) is 0.148. The maximum Gasteiger partial charge on any atom is 0.0725 e. The Kier molecular flexibility index (Phi) is 10.2. The van der Waals surface area contributed by atoms with Crippen LogP contribution >= 0.6 is 0 Å². The molecule has 0 saturated heterocycles. The van der Waals surface area contributed by atoms with Crippen LogP contribution in [0.5, 0.6) is 0 Å². The van der Waals surface area contributed by atoms with E-state index in [0.29, 0.717) is 0 Å². The molecule has 0 fully saturated rings. The Balaban J connectivity index is 0.921. The summed E-state index contributed by atoms with van der Waals surface area (Å²) in [7, 11) is 0. The van der Waals surface area contributed by atoms with Gasteiger partial charge in [0, 0.05) is 50.0 Å². The first-order chi connectivity index (χ1) is 40.7. The number of nitrogens with zero attached hydrogens (tertiary/aromatic N) is 3. The molecule has 3 heteroatoms. The summed E-state index contributed by atoms with van der Waals surface area (Å²) in [6, 6.07) is 115. The summed E-state index contributed by atoms with van der Waals surface area (Å²) in [5.74, 6) is 0. The first-order valence-electron chi connectivity index (χ1n) is 28.4. The van der Waals surface area contributed by atoms with Crippen molar-refractivity contribution < 1.29 is 0 Å². The van der Waals surface area contributed by atoms with Gasteiger partial charge in [-0.25, -0.2) is 0 Å². The van der Waals surface area contributed by atoms with Crippen molar-refractivity contribution in [2.45, 2.75) is 5.41 Å². The number of aromatic nitrogens is 2. The van der Waals surface area contributed by atoms with Crippen LogP contribution in [-0.2, 0) is 5.41 Å². The fourth-order valence-electron chi connectivity index (χ4n) is 14.3. The van der Waals surface area contributed by atoms with E-state index in [4.69, 9.17) is 0 Å². The van der Waals surface area contributed by atoms with E-state index < -0.39 is 5.41 Å². The van der Waals surface area contributed by atoms with Gasteiger partial charge in [0.25, 0.3) is 0 Å². The average Bonchev–Trinajstić information content (AvgIpc) is 2.79. The second-order valence-electron chi connectivity index (χ2n) is 21.9. The van der Waals surface area contributed by atoms with Crippen molar-refractivity contribution in [2.75, 3.05) is 4.90 Å². The van der Waals surface area contributed by atoms with Crippen LogP contribution in [0.2, 0.25) is 0 Å². The van der Waals surface area contributed by atoms with Crippen molar-refractivity contribution in [2.24, 2.45) is 0 Å². The Morgan fingerprint density at radius 3 is 1.35 bits per heavy atom. The van der Waals surface area contributed by atoms with Gasteiger partial charge in [0.2, 0.25) is 0 Å². The van der Waals surface area contributed by atoms with E-state index in [-0.39, 0.29) is 0 Å². The molecule has 0 radical (unpaired) electrons. The van der Waals surface area contributed by atoms with E-state index in [0.717, 1.165) is 50.7 Å². The van der Waals surface area contributed by atoms with Crippen LogP contribution in [0.15, 0.2) is 309 Å². The molecule has 0 N–H and O–H groups in total. The van der Waals surface area contributed by atoms with Crippen LogP contribution in [0.1, 0.15) is 22.3 Å². The van der Waals surface area contributed by atoms with Crippen LogP contribution in [0.25, 0.3) is 111 Å². The number of benzene rings is 13. The standard InChI is InChI=1S/C79H51N3/c1-5-21-52(22-6-1)54-37-40-60(41-38-54)80(61-42-45-74-67(51-61)65-31-16-20-36-73(65)81(74)58-25-9-3-10-26-58)62-48-56(53-23-7-2-8-24-53)47-57(49-62)55-39-44-75-68(50-55)78-76(82(75)59-27-11-4-12-28-59)46-43-72-77(78)66-32-15-19-35-71(66)79(72)69-33-17-13-29-63(69)64-30-14-18-34-70(64)79/h1-51H. The second kappa shape index (κ2) is 18.2. The van der Waals surface area contributed by atoms with Gasteiger partial charge in [0.05, 0.1) is 27.5 Å². The number of fused-ring (bicyclic) bond motifs is 17. The molecule has 2 aromatic heterocycles. The van der Waals surface area contributed by atoms with Gasteiger partial charge >= 0.3 is 0 Å². The Bertz CT molecular complexity index is 4970. The number of hydrogen-bond donors (Lipinski definition) is 0. The van der Waals surface area contributed by atoms with Crippen LogP contribution in [0.3, 0.4) is 0 Å². The first kappa shape index (κ1) is 46.2. The molecule has 2 aliphatic rings. The summed E-state index contributed by atoms with van der Waals surface area (Å²) < 4.78 is 4.88. The van der Waals surface area contributed by atoms with E-state index in [1.807, 2.05) is 0 Å². The number of para-hydroxylation sites is 3. The molecule has 3 nitrogen and oxygen atoms in total. The molecular weight excluding hydrogens is 991 g/mol. The van der Waals surface area contributed by atoms with E-state index >= 15 is 0 Å². The SMILES string of the molecule is c1ccc(-c2ccc(N(c3cc(-c4ccccc4)cc(-c4ccc5c(c4)c4c6c(ccc4n5-c4ccccc4)C4(c5ccccc5-c5ccccc54)c4ccccc4-6)c3)c3ccc4c(c3)c3ccccc3n4-c3ccccc3)cc2)cc1. The molecule has 0 unspecified atom stereocenters. The normalized spacial score (nSPS) is 12.7. The molecule has 0 saturated carbocycles. The van der Waals surface area contributed by atoms with Crippen molar-refractivity contribution in [1.29, 1.82) is 0 Å². The number of rotatable bonds is 8. The maximum atomic E-state index is 2.49. The molecule has 1 spiro atoms. The van der Waals surface area contributed by atoms with Gasteiger partial charge in [-0.1, -0.05) is 212 Å². The zero-order chi connectivity index (χ0) is 53.9. The third kappa shape index (κ3) is 6.77. The predicted molar refractivity (Wildman–Crippen MR) is 342 cm³/mol. The molecule has 13 aromatic carbocycles. The largest absolute Gasteiger partial charge is 0.310 e. The molecule has 2 heterocycles. The Morgan fingerprint density at radius 1 is 0.244 bits per heavy atom. The third-order valence-electron chi connectivity index (χ3n) is 17.7. The van der Waals surface area contributed by atoms with Gasteiger partial charge in [-0.3, -0.25) is 0 Å². The van der Waals surface area contributed by atoms with Crippen molar-refractivity contribution in [3.05, 3.63) is 332 Å². The third-order valence-corrected chi connectivity index (χ3v) is 17.7. The second-order valence-corrected chi connectivity index (χ2v) is 21.9. The molecule has 15 aromatic rings. The van der Waals surface area contributed by atoms with Gasteiger partial charge in [-0.15, -0.1) is 0 Å². The average molecular weight is 1040 g/mol. The lowest BCUT2D eigenvalue weighted by molar-refractivity contribution is 0.794. The fraction of sp³-hybridized carbons (Fsp3) is 0.0127. The maximum absolute atomic E-state index is 2.49. The van der Waals surface area contributed by atoms with Gasteiger partial charge in [0.1, 0.15) is 0 Å². The summed E-state index contributed by atoms with van der Waals surface area (Å²) in [6.07, 6.45) is 0. The number of hydrogen-bond acceptors (Lipinski definition) is 1. The summed E-state index contributed by atoms with van der Waals surface area (Å²) in [4.78, 5) is 2.46. The lowest BCUT2D eigenvalue weighted by atomic mass is 9.70. The highest BCUT2D eigenvalue weighted by molar-refractivity contribution is 6.20. The molecule has 17 rings (SSSR count). The van der Waals surface area contributed by atoms with E-state index in [9.17, 15) is 0 Å². The molecule has 382 valence electrons. The zero-order valence-electron chi connectivity index (χ0n) is 44.8. The number of anilines is 3. The van der Waals surface area contributed by atoms with Crippen molar-refractivity contribution in [3.63, 3.8) is 0 Å². The fourth-order valence-corrected chi connectivity index (χ4v) is 14.3. The summed E-state index contributed by atoms with van der Waals surface area (Å²) in [5, 5.41) is 4.90. The van der Waals surface area contributed by atoms with Crippen molar-refractivity contribution >= 4 is 60.7 Å². The van der Waals surface area contributed by atoms with E-state index in [1.54, 1.807) is 0 Å². The molecule has 0 bridgehead atoms. The predicted octanol–water partition coefficient (Wildman–Crippen LogP) is 20.7. The lowest BCUT2D eigenvalue weighted by Gasteiger charge is -2.30. The van der Waals surface area contributed by atoms with Crippen molar-refractivity contribution in [1.82, 2.24) is 9.13 Å². The van der Waals surface area contributed by atoms with Gasteiger partial charge < -0.3 is 14.0 Å². The monoisotopic (exact) mass is 1040 g/mol. The minimum Gasteiger partial charge on any atom is -0.310 e. The minimum atomic E-state index is -0.465. The highest BCUT2D eigenvalue weighted by Gasteiger charge is 2.52. The molecule has 82 heavy (non-hydrogen) atoms. The minimum absolute atomic E-state index is 0.465. The summed E-state index contributed by atoms with van der Waals surface area (Å²) >= 11 is 0. The molecule has 2 aliphatic carbocycles. The lowest BCUT2D eigenvalue weighted by Crippen LogP contribution is -2.25. The molecule has 0 atom stereocenters. The Morgan fingerprint density at radius 2 is 0.695 bits per heavy atom. The van der Waals surface area contributed by atoms with Gasteiger partial charge in [0.15, 0.2) is 0 Å². The zero-order valence-corrected chi connectivity index (χ0v) is 44.8. The van der Waals surface area contributed by atoms with E-state index in [2.05, 4.69) is 323 Å². The molecular formula is C79H51N3. The van der Waals surface area contributed by atoms with Gasteiger partial charge in [-0.05, 0) is 175 Å². The highest BCUT2D eigenvalue weighted by atomic mass is 15.1. The smallest absolute Gasteiger partial charge is 0.0725 e.